The van der Waals surface area contributed by atoms with Gasteiger partial charge >= 0.3 is 5.97 Å². The summed E-state index contributed by atoms with van der Waals surface area (Å²) in [6.45, 7) is 3.52. The second kappa shape index (κ2) is 5.12. The van der Waals surface area contributed by atoms with E-state index >= 15 is 0 Å². The fourth-order valence-corrected chi connectivity index (χ4v) is 1.70. The van der Waals surface area contributed by atoms with Crippen molar-refractivity contribution in [3.8, 4) is 0 Å². The van der Waals surface area contributed by atoms with Crippen molar-refractivity contribution in [2.24, 2.45) is 17.6 Å². The Morgan fingerprint density at radius 2 is 2.06 bits per heavy atom. The first-order valence-electron chi connectivity index (χ1n) is 5.39. The molecule has 0 saturated carbocycles. The first-order valence-corrected chi connectivity index (χ1v) is 5.39. The number of carbonyl (C=O) groups excluding carboxylic acids is 1. The molecule has 4 N–H and O–H groups in total. The van der Waals surface area contributed by atoms with Crippen LogP contribution in [-0.2, 0) is 9.59 Å². The van der Waals surface area contributed by atoms with E-state index in [1.807, 2.05) is 0 Å². The molecule has 1 rings (SSSR count). The normalized spacial score (nSPS) is 25.8. The Balaban J connectivity index is 2.56. The van der Waals surface area contributed by atoms with Crippen LogP contribution in [0.1, 0.15) is 20.3 Å². The second-order valence-corrected chi connectivity index (χ2v) is 4.46. The van der Waals surface area contributed by atoms with Gasteiger partial charge in [0.2, 0.25) is 5.91 Å². The lowest BCUT2D eigenvalue weighted by atomic mass is 10.0. The zero-order valence-electron chi connectivity index (χ0n) is 9.51. The SMILES string of the molecule is CC(C)[C@@H](NC(=O)C1C=CC(N)C1)C(=O)O. The summed E-state index contributed by atoms with van der Waals surface area (Å²) < 4.78 is 0. The van der Waals surface area contributed by atoms with Crippen molar-refractivity contribution in [2.45, 2.75) is 32.4 Å². The van der Waals surface area contributed by atoms with Gasteiger partial charge in [-0.3, -0.25) is 4.79 Å². The Hall–Kier alpha value is -1.36. The van der Waals surface area contributed by atoms with Crippen molar-refractivity contribution in [2.75, 3.05) is 0 Å². The van der Waals surface area contributed by atoms with E-state index in [1.54, 1.807) is 26.0 Å². The molecule has 90 valence electrons. The van der Waals surface area contributed by atoms with Gasteiger partial charge in [0.25, 0.3) is 0 Å². The number of carboxylic acids is 1. The smallest absolute Gasteiger partial charge is 0.326 e. The summed E-state index contributed by atoms with van der Waals surface area (Å²) in [6.07, 6.45) is 4.06. The van der Waals surface area contributed by atoms with Gasteiger partial charge in [0.1, 0.15) is 6.04 Å². The summed E-state index contributed by atoms with van der Waals surface area (Å²) in [5, 5.41) is 11.5. The minimum atomic E-state index is -1.00. The maximum Gasteiger partial charge on any atom is 0.326 e. The van der Waals surface area contributed by atoms with Crippen LogP contribution in [0.2, 0.25) is 0 Å². The van der Waals surface area contributed by atoms with Gasteiger partial charge in [0.05, 0.1) is 5.92 Å². The van der Waals surface area contributed by atoms with Crippen LogP contribution in [0.25, 0.3) is 0 Å². The molecule has 1 aliphatic carbocycles. The quantitative estimate of drug-likeness (QED) is 0.593. The fraction of sp³-hybridized carbons (Fsp3) is 0.636. The predicted octanol–water partition coefficient (Wildman–Crippen LogP) is 0.115. The van der Waals surface area contributed by atoms with Crippen LogP contribution in [0.3, 0.4) is 0 Å². The van der Waals surface area contributed by atoms with E-state index in [1.165, 1.54) is 0 Å². The van der Waals surface area contributed by atoms with Crippen LogP contribution in [0.15, 0.2) is 12.2 Å². The number of nitrogens with one attached hydrogen (secondary N) is 1. The molecule has 0 aliphatic heterocycles. The summed E-state index contributed by atoms with van der Waals surface area (Å²) in [6, 6.07) is -0.934. The molecule has 16 heavy (non-hydrogen) atoms. The highest BCUT2D eigenvalue weighted by molar-refractivity contribution is 5.86. The van der Waals surface area contributed by atoms with Gasteiger partial charge in [-0.25, -0.2) is 4.79 Å². The summed E-state index contributed by atoms with van der Waals surface area (Å²) in [5.41, 5.74) is 5.63. The lowest BCUT2D eigenvalue weighted by Gasteiger charge is -2.19. The molecular weight excluding hydrogens is 208 g/mol. The van der Waals surface area contributed by atoms with Gasteiger partial charge in [-0.15, -0.1) is 0 Å². The molecule has 2 unspecified atom stereocenters. The van der Waals surface area contributed by atoms with E-state index in [2.05, 4.69) is 5.32 Å². The standard InChI is InChI=1S/C11H18N2O3/c1-6(2)9(11(15)16)13-10(14)7-3-4-8(12)5-7/h3-4,6-9H,5,12H2,1-2H3,(H,13,14)(H,15,16)/t7?,8?,9-/m1/s1. The zero-order valence-corrected chi connectivity index (χ0v) is 9.51. The van der Waals surface area contributed by atoms with E-state index < -0.39 is 12.0 Å². The molecule has 5 heteroatoms. The van der Waals surface area contributed by atoms with Crippen molar-refractivity contribution < 1.29 is 14.7 Å². The molecular formula is C11H18N2O3. The number of hydrogen-bond donors (Lipinski definition) is 3. The topological polar surface area (TPSA) is 92.4 Å². The Labute approximate surface area is 94.7 Å². The Kier molecular flexibility index (Phi) is 4.06. The monoisotopic (exact) mass is 226 g/mol. The number of carbonyl (C=O) groups is 2. The Morgan fingerprint density at radius 3 is 2.44 bits per heavy atom. The summed E-state index contributed by atoms with van der Waals surface area (Å²) in [4.78, 5) is 22.6. The Bertz CT molecular complexity index is 312. The van der Waals surface area contributed by atoms with Crippen LogP contribution in [0, 0.1) is 11.8 Å². The summed E-state index contributed by atoms with van der Waals surface area (Å²) >= 11 is 0. The molecule has 1 amide bonds. The first-order chi connectivity index (χ1) is 7.41. The van der Waals surface area contributed by atoms with Gasteiger partial charge < -0.3 is 16.2 Å². The zero-order chi connectivity index (χ0) is 12.3. The average molecular weight is 226 g/mol. The van der Waals surface area contributed by atoms with Gasteiger partial charge in [0.15, 0.2) is 0 Å². The highest BCUT2D eigenvalue weighted by Gasteiger charge is 2.28. The van der Waals surface area contributed by atoms with Gasteiger partial charge in [-0.05, 0) is 12.3 Å². The van der Waals surface area contributed by atoms with Crippen molar-refractivity contribution in [1.29, 1.82) is 0 Å². The number of rotatable bonds is 4. The summed E-state index contributed by atoms with van der Waals surface area (Å²) in [7, 11) is 0. The maximum absolute atomic E-state index is 11.7. The van der Waals surface area contributed by atoms with E-state index in [4.69, 9.17) is 10.8 Å². The van der Waals surface area contributed by atoms with E-state index in [9.17, 15) is 9.59 Å². The third-order valence-electron chi connectivity index (χ3n) is 2.68. The Morgan fingerprint density at radius 1 is 1.44 bits per heavy atom. The van der Waals surface area contributed by atoms with Crippen molar-refractivity contribution in [1.82, 2.24) is 5.32 Å². The molecule has 0 aromatic heterocycles. The van der Waals surface area contributed by atoms with Crippen LogP contribution in [0.5, 0.6) is 0 Å². The maximum atomic E-state index is 11.7. The van der Waals surface area contributed by atoms with Gasteiger partial charge in [-0.2, -0.15) is 0 Å². The van der Waals surface area contributed by atoms with Gasteiger partial charge in [0, 0.05) is 6.04 Å². The first kappa shape index (κ1) is 12.7. The van der Waals surface area contributed by atoms with Gasteiger partial charge in [-0.1, -0.05) is 26.0 Å². The van der Waals surface area contributed by atoms with E-state index in [0.717, 1.165) is 0 Å². The molecule has 1 aliphatic rings. The lowest BCUT2D eigenvalue weighted by molar-refractivity contribution is -0.143. The lowest BCUT2D eigenvalue weighted by Crippen LogP contribution is -2.46. The molecule has 0 saturated heterocycles. The highest BCUT2D eigenvalue weighted by Crippen LogP contribution is 2.17. The van der Waals surface area contributed by atoms with Crippen LogP contribution in [-0.4, -0.2) is 29.1 Å². The number of hydrogen-bond acceptors (Lipinski definition) is 3. The molecule has 3 atom stereocenters. The molecule has 0 heterocycles. The molecule has 0 aromatic carbocycles. The van der Waals surface area contributed by atoms with Crippen molar-refractivity contribution >= 4 is 11.9 Å². The van der Waals surface area contributed by atoms with E-state index in [0.29, 0.717) is 6.42 Å². The number of aliphatic carboxylic acids is 1. The van der Waals surface area contributed by atoms with Crippen LogP contribution in [0.4, 0.5) is 0 Å². The second-order valence-electron chi connectivity index (χ2n) is 4.46. The molecule has 0 radical (unpaired) electrons. The van der Waals surface area contributed by atoms with Crippen LogP contribution >= 0.6 is 0 Å². The molecule has 0 fully saturated rings. The number of amides is 1. The largest absolute Gasteiger partial charge is 0.480 e. The van der Waals surface area contributed by atoms with E-state index in [-0.39, 0.29) is 23.8 Å². The number of nitrogens with two attached hydrogens (primary N) is 1. The number of carboxylic acid groups (broad SMARTS) is 1. The van der Waals surface area contributed by atoms with Crippen molar-refractivity contribution in [3.63, 3.8) is 0 Å². The summed E-state index contributed by atoms with van der Waals surface area (Å²) in [5.74, 6) is -1.70. The molecule has 0 spiro atoms. The van der Waals surface area contributed by atoms with Crippen molar-refractivity contribution in [3.05, 3.63) is 12.2 Å². The molecule has 0 aromatic rings. The third-order valence-corrected chi connectivity index (χ3v) is 2.68. The minimum Gasteiger partial charge on any atom is -0.480 e. The minimum absolute atomic E-state index is 0.0990. The third kappa shape index (κ3) is 3.06. The predicted molar refractivity (Wildman–Crippen MR) is 59.6 cm³/mol. The fourth-order valence-electron chi connectivity index (χ4n) is 1.70. The highest BCUT2D eigenvalue weighted by atomic mass is 16.4. The average Bonchev–Trinajstić information content (AvgIpc) is 2.59. The molecule has 0 bridgehead atoms. The molecule has 5 nitrogen and oxygen atoms in total. The van der Waals surface area contributed by atoms with Crippen LogP contribution < -0.4 is 11.1 Å².